The van der Waals surface area contributed by atoms with Crippen molar-refractivity contribution < 1.29 is 0 Å². The van der Waals surface area contributed by atoms with Crippen molar-refractivity contribution in [3.8, 4) is 0 Å². The van der Waals surface area contributed by atoms with Gasteiger partial charge in [-0.1, -0.05) is 11.9 Å². The van der Waals surface area contributed by atoms with Crippen LogP contribution in [0.2, 0.25) is 0 Å². The minimum atomic E-state index is 0.273. The van der Waals surface area contributed by atoms with Crippen LogP contribution in [0, 0.1) is 0 Å². The lowest BCUT2D eigenvalue weighted by Crippen LogP contribution is -2.05. The van der Waals surface area contributed by atoms with E-state index in [9.17, 15) is 0 Å². The zero-order valence-corrected chi connectivity index (χ0v) is 4.80. The second-order valence-corrected chi connectivity index (χ2v) is 2.31. The predicted octanol–water partition coefficient (Wildman–Crippen LogP) is 1.01. The molecule has 1 N–H and O–H groups in total. The Hall–Kier alpha value is 0.400. The van der Waals surface area contributed by atoms with Crippen LogP contribution in [0.15, 0.2) is 11.5 Å². The Morgan fingerprint density at radius 2 is 2.67 bits per heavy atom. The first-order chi connectivity index (χ1) is 2.89. The number of rotatable bonds is 0. The Labute approximate surface area is 46.7 Å². The molecule has 1 rings (SSSR count). The summed E-state index contributed by atoms with van der Waals surface area (Å²) in [5.41, 5.74) is 0. The van der Waals surface area contributed by atoms with E-state index in [0.717, 1.165) is 0 Å². The third-order valence-corrected chi connectivity index (χ3v) is 1.68. The number of nitrogens with one attached hydrogen (secondary N) is 1. The van der Waals surface area contributed by atoms with Crippen molar-refractivity contribution in [3.05, 3.63) is 11.5 Å². The van der Waals surface area contributed by atoms with Gasteiger partial charge in [-0.05, 0) is 11.5 Å². The van der Waals surface area contributed by atoms with Crippen LogP contribution in [0.1, 0.15) is 0 Å². The molecule has 0 saturated heterocycles. The van der Waals surface area contributed by atoms with Gasteiger partial charge in [0.1, 0.15) is 0 Å². The van der Waals surface area contributed by atoms with Gasteiger partial charge in [-0.15, -0.1) is 0 Å². The SMILES string of the molecule is SC1C=CSN1. The van der Waals surface area contributed by atoms with Gasteiger partial charge in [-0.2, -0.15) is 12.6 Å². The molecule has 1 aliphatic heterocycles. The van der Waals surface area contributed by atoms with Gasteiger partial charge in [-0.25, -0.2) is 4.72 Å². The van der Waals surface area contributed by atoms with Gasteiger partial charge in [-0.3, -0.25) is 0 Å². The average Bonchev–Trinajstić information content (AvgIpc) is 1.86. The van der Waals surface area contributed by atoms with Crippen molar-refractivity contribution in [2.45, 2.75) is 5.37 Å². The molecule has 0 bridgehead atoms. The summed E-state index contributed by atoms with van der Waals surface area (Å²) < 4.78 is 2.99. The van der Waals surface area contributed by atoms with E-state index in [-0.39, 0.29) is 5.37 Å². The van der Waals surface area contributed by atoms with Crippen molar-refractivity contribution in [1.82, 2.24) is 4.72 Å². The summed E-state index contributed by atoms with van der Waals surface area (Å²) in [6, 6.07) is 0. The van der Waals surface area contributed by atoms with Crippen LogP contribution in [0.3, 0.4) is 0 Å². The van der Waals surface area contributed by atoms with Crippen LogP contribution >= 0.6 is 24.6 Å². The summed E-state index contributed by atoms with van der Waals surface area (Å²) in [7, 11) is 0. The maximum absolute atomic E-state index is 4.07. The van der Waals surface area contributed by atoms with E-state index in [4.69, 9.17) is 0 Å². The smallest absolute Gasteiger partial charge is 0.0793 e. The molecule has 1 aliphatic rings. The third-order valence-electron chi connectivity index (χ3n) is 0.518. The summed E-state index contributed by atoms with van der Waals surface area (Å²) in [6.07, 6.45) is 1.99. The molecular formula is C3H5NS2. The molecule has 0 fully saturated rings. The van der Waals surface area contributed by atoms with Crippen LogP contribution < -0.4 is 4.72 Å². The largest absolute Gasteiger partial charge is 0.244 e. The van der Waals surface area contributed by atoms with Crippen LogP contribution in [0.4, 0.5) is 0 Å². The topological polar surface area (TPSA) is 12.0 Å². The van der Waals surface area contributed by atoms with E-state index in [1.807, 2.05) is 11.5 Å². The van der Waals surface area contributed by atoms with Crippen molar-refractivity contribution in [2.75, 3.05) is 0 Å². The fraction of sp³-hybridized carbons (Fsp3) is 0.333. The molecule has 1 unspecified atom stereocenters. The molecule has 1 atom stereocenters. The fourth-order valence-corrected chi connectivity index (χ4v) is 1.18. The van der Waals surface area contributed by atoms with E-state index >= 15 is 0 Å². The summed E-state index contributed by atoms with van der Waals surface area (Å²) in [4.78, 5) is 0. The van der Waals surface area contributed by atoms with Gasteiger partial charge in [0.25, 0.3) is 0 Å². The molecule has 0 amide bonds. The van der Waals surface area contributed by atoms with Crippen LogP contribution in [-0.2, 0) is 0 Å². The van der Waals surface area contributed by atoms with E-state index in [1.165, 1.54) is 0 Å². The lowest BCUT2D eigenvalue weighted by Gasteiger charge is -1.91. The van der Waals surface area contributed by atoms with Gasteiger partial charge < -0.3 is 0 Å². The standard InChI is InChI=1S/C3H5NS2/c5-3-1-2-6-4-3/h1-5H. The Morgan fingerprint density at radius 3 is 2.83 bits per heavy atom. The minimum Gasteiger partial charge on any atom is -0.244 e. The molecule has 0 spiro atoms. The summed E-state index contributed by atoms with van der Waals surface area (Å²) >= 11 is 5.65. The summed E-state index contributed by atoms with van der Waals surface area (Å²) in [6.45, 7) is 0. The highest BCUT2D eigenvalue weighted by Crippen LogP contribution is 2.10. The van der Waals surface area contributed by atoms with E-state index in [0.29, 0.717) is 0 Å². The molecule has 0 aromatic carbocycles. The molecule has 34 valence electrons. The Bertz CT molecular complexity index is 71.2. The zero-order chi connectivity index (χ0) is 4.41. The van der Waals surface area contributed by atoms with Crippen molar-refractivity contribution >= 4 is 24.6 Å². The molecule has 0 radical (unpaired) electrons. The van der Waals surface area contributed by atoms with E-state index in [2.05, 4.69) is 17.4 Å². The van der Waals surface area contributed by atoms with Crippen molar-refractivity contribution in [2.24, 2.45) is 0 Å². The quantitative estimate of drug-likeness (QED) is 0.364. The van der Waals surface area contributed by atoms with Gasteiger partial charge in [0.2, 0.25) is 0 Å². The molecule has 1 heterocycles. The van der Waals surface area contributed by atoms with Gasteiger partial charge >= 0.3 is 0 Å². The van der Waals surface area contributed by atoms with Crippen molar-refractivity contribution in [1.29, 1.82) is 0 Å². The van der Waals surface area contributed by atoms with Crippen LogP contribution in [0.25, 0.3) is 0 Å². The first-order valence-electron chi connectivity index (χ1n) is 1.65. The molecule has 1 nitrogen and oxygen atoms in total. The lowest BCUT2D eigenvalue weighted by molar-refractivity contribution is 1.09. The van der Waals surface area contributed by atoms with E-state index in [1.54, 1.807) is 11.9 Å². The fourth-order valence-electron chi connectivity index (χ4n) is 0.262. The molecule has 3 heteroatoms. The first-order valence-corrected chi connectivity index (χ1v) is 3.05. The third kappa shape index (κ3) is 0.929. The molecule has 0 aromatic rings. The summed E-state index contributed by atoms with van der Waals surface area (Å²) in [5, 5.41) is 2.26. The van der Waals surface area contributed by atoms with Crippen molar-refractivity contribution in [3.63, 3.8) is 0 Å². The molecular weight excluding hydrogens is 114 g/mol. The monoisotopic (exact) mass is 119 g/mol. The second kappa shape index (κ2) is 1.91. The molecule has 6 heavy (non-hydrogen) atoms. The maximum Gasteiger partial charge on any atom is 0.0793 e. The normalized spacial score (nSPS) is 31.8. The van der Waals surface area contributed by atoms with Crippen LogP contribution in [-0.4, -0.2) is 5.37 Å². The number of thiol groups is 1. The Morgan fingerprint density at radius 1 is 1.83 bits per heavy atom. The number of hydrogen-bond donors (Lipinski definition) is 2. The highest BCUT2D eigenvalue weighted by Gasteiger charge is 1.98. The van der Waals surface area contributed by atoms with Gasteiger partial charge in [0.15, 0.2) is 0 Å². The van der Waals surface area contributed by atoms with E-state index < -0.39 is 0 Å². The maximum atomic E-state index is 4.07. The van der Waals surface area contributed by atoms with Gasteiger partial charge in [0, 0.05) is 0 Å². The summed E-state index contributed by atoms with van der Waals surface area (Å²) in [5.74, 6) is 0. The molecule has 0 aliphatic carbocycles. The average molecular weight is 119 g/mol. The molecule has 0 aromatic heterocycles. The predicted molar refractivity (Wildman–Crippen MR) is 32.6 cm³/mol. The second-order valence-electron chi connectivity index (χ2n) is 1.01. The Balaban J connectivity index is 2.38. The minimum absolute atomic E-state index is 0.273. The highest BCUT2D eigenvalue weighted by molar-refractivity contribution is 8.01. The van der Waals surface area contributed by atoms with Crippen LogP contribution in [0.5, 0.6) is 0 Å². The Kier molecular flexibility index (Phi) is 1.45. The lowest BCUT2D eigenvalue weighted by atomic mass is 10.7. The molecule has 0 saturated carbocycles. The highest BCUT2D eigenvalue weighted by atomic mass is 32.2. The first kappa shape index (κ1) is 4.56. The number of hydrogen-bond acceptors (Lipinski definition) is 3. The van der Waals surface area contributed by atoms with Gasteiger partial charge in [0.05, 0.1) is 5.37 Å². The zero-order valence-electron chi connectivity index (χ0n) is 3.09.